The fourth-order valence-electron chi connectivity index (χ4n) is 6.07. The van der Waals surface area contributed by atoms with Crippen LogP contribution >= 0.6 is 0 Å². The van der Waals surface area contributed by atoms with E-state index in [1.807, 2.05) is 6.08 Å². The van der Waals surface area contributed by atoms with Gasteiger partial charge in [0.05, 0.1) is 11.8 Å². The first-order chi connectivity index (χ1) is 15.3. The largest absolute Gasteiger partial charge is 0.357 e. The molecule has 5 rings (SSSR count). The molecule has 1 aromatic heterocycles. The molecule has 1 aliphatic heterocycles. The Balaban J connectivity index is 1.43. The van der Waals surface area contributed by atoms with Crippen LogP contribution in [0.15, 0.2) is 23.8 Å². The summed E-state index contributed by atoms with van der Waals surface area (Å²) >= 11 is 0. The van der Waals surface area contributed by atoms with Crippen molar-refractivity contribution in [3.63, 3.8) is 0 Å². The topological polar surface area (TPSA) is 59.9 Å². The lowest BCUT2D eigenvalue weighted by atomic mass is 9.70. The van der Waals surface area contributed by atoms with E-state index in [4.69, 9.17) is 0 Å². The van der Waals surface area contributed by atoms with Gasteiger partial charge in [-0.3, -0.25) is 4.79 Å². The maximum Gasteiger partial charge on any atom is 0.170 e. The van der Waals surface area contributed by atoms with Gasteiger partial charge in [0.1, 0.15) is 0 Å². The van der Waals surface area contributed by atoms with Gasteiger partial charge < -0.3 is 9.88 Å². The summed E-state index contributed by atoms with van der Waals surface area (Å²) in [6.07, 6.45) is 6.58. The summed E-state index contributed by atoms with van der Waals surface area (Å²) < 4.78 is 0. The Bertz CT molecular complexity index is 1150. The number of hydrogen-bond acceptors (Lipinski definition) is 3. The molecule has 32 heavy (non-hydrogen) atoms. The normalized spacial score (nSPS) is 20.4. The highest BCUT2D eigenvalue weighted by Crippen LogP contribution is 2.45. The second-order valence-corrected chi connectivity index (χ2v) is 10.7. The first kappa shape index (κ1) is 21.2. The number of nitrogens with one attached hydrogen (secondary N) is 1. The first-order valence-electron chi connectivity index (χ1n) is 12.0. The van der Waals surface area contributed by atoms with E-state index in [-0.39, 0.29) is 17.6 Å². The standard InChI is InChI=1S/C28H33N3O/c1-17(2)31-9-7-18(8-10-31)11-19-5-6-21-15-22-26-24(13-20(16-29)14-25(26)32)30-27(22)28(3,4)23(21)12-19/h5-6,12-13,17-18,30H,7-11,14-15H2,1-4H3. The number of carbonyl (C=O) groups is 1. The molecule has 1 fully saturated rings. The molecule has 2 aromatic rings. The van der Waals surface area contributed by atoms with Crippen LogP contribution in [0.3, 0.4) is 0 Å². The predicted molar refractivity (Wildman–Crippen MR) is 128 cm³/mol. The Morgan fingerprint density at radius 3 is 2.66 bits per heavy atom. The number of carbonyl (C=O) groups excluding carboxylic acids is 1. The molecule has 0 spiro atoms. The van der Waals surface area contributed by atoms with Crippen molar-refractivity contribution in [2.24, 2.45) is 5.92 Å². The molecule has 0 radical (unpaired) electrons. The number of piperidine rings is 1. The Hall–Kier alpha value is -2.64. The molecule has 0 unspecified atom stereocenters. The summed E-state index contributed by atoms with van der Waals surface area (Å²) in [7, 11) is 0. The zero-order chi connectivity index (χ0) is 22.6. The highest BCUT2D eigenvalue weighted by atomic mass is 16.1. The lowest BCUT2D eigenvalue weighted by molar-refractivity contribution is 0.0992. The molecule has 0 atom stereocenters. The van der Waals surface area contributed by atoms with Crippen LogP contribution in [0.1, 0.15) is 91.0 Å². The second-order valence-electron chi connectivity index (χ2n) is 10.7. The monoisotopic (exact) mass is 427 g/mol. The number of Topliss-reactive ketones (excluding diaryl/α,β-unsaturated/α-hetero) is 1. The summed E-state index contributed by atoms with van der Waals surface area (Å²) in [6, 6.07) is 9.84. The van der Waals surface area contributed by atoms with E-state index in [0.29, 0.717) is 11.6 Å². The number of nitrogens with zero attached hydrogens (tertiary/aromatic N) is 2. The number of likely N-dealkylation sites (tertiary alicyclic amines) is 1. The predicted octanol–water partition coefficient (Wildman–Crippen LogP) is 5.40. The minimum Gasteiger partial charge on any atom is -0.357 e. The van der Waals surface area contributed by atoms with Gasteiger partial charge in [-0.05, 0) is 80.4 Å². The van der Waals surface area contributed by atoms with Crippen LogP contribution in [0.4, 0.5) is 0 Å². The summed E-state index contributed by atoms with van der Waals surface area (Å²) in [6.45, 7) is 11.5. The van der Waals surface area contributed by atoms with Crippen molar-refractivity contribution in [2.45, 2.75) is 71.3 Å². The van der Waals surface area contributed by atoms with Crippen molar-refractivity contribution in [1.29, 1.82) is 5.26 Å². The van der Waals surface area contributed by atoms with E-state index in [2.05, 4.69) is 61.8 Å². The molecule has 4 heteroatoms. The SMILES string of the molecule is CC(C)N1CCC(Cc2ccc3c(c2)C(C)(C)c2[nH]c4c(c2C3)C(=O)CC(C#N)=C4)CC1. The number of aromatic amines is 1. The van der Waals surface area contributed by atoms with Crippen molar-refractivity contribution in [3.05, 3.63) is 63.0 Å². The van der Waals surface area contributed by atoms with Crippen molar-refractivity contribution >= 4 is 11.9 Å². The highest BCUT2D eigenvalue weighted by Gasteiger charge is 2.38. The lowest BCUT2D eigenvalue weighted by Gasteiger charge is -2.36. The maximum absolute atomic E-state index is 12.8. The molecular formula is C28H33N3O. The van der Waals surface area contributed by atoms with Gasteiger partial charge in [0.15, 0.2) is 5.78 Å². The molecule has 0 bridgehead atoms. The minimum atomic E-state index is -0.196. The van der Waals surface area contributed by atoms with E-state index in [0.717, 1.165) is 41.3 Å². The number of nitriles is 1. The average Bonchev–Trinajstić information content (AvgIpc) is 3.14. The molecule has 0 amide bonds. The van der Waals surface area contributed by atoms with Gasteiger partial charge in [-0.25, -0.2) is 0 Å². The number of H-pyrrole nitrogens is 1. The molecule has 1 aromatic carbocycles. The molecule has 166 valence electrons. The number of aromatic nitrogens is 1. The zero-order valence-electron chi connectivity index (χ0n) is 19.7. The van der Waals surface area contributed by atoms with E-state index in [1.165, 1.54) is 42.6 Å². The van der Waals surface area contributed by atoms with Crippen LogP contribution in [0.2, 0.25) is 0 Å². The maximum atomic E-state index is 12.8. The number of rotatable bonds is 3. The second kappa shape index (κ2) is 7.74. The van der Waals surface area contributed by atoms with Crippen molar-refractivity contribution in [1.82, 2.24) is 9.88 Å². The highest BCUT2D eigenvalue weighted by molar-refractivity contribution is 6.06. The third kappa shape index (κ3) is 3.44. The van der Waals surface area contributed by atoms with Gasteiger partial charge in [-0.15, -0.1) is 0 Å². The van der Waals surface area contributed by atoms with Crippen LogP contribution in [0.25, 0.3) is 6.08 Å². The molecule has 2 heterocycles. The molecule has 3 aliphatic rings. The minimum absolute atomic E-state index is 0.0696. The third-order valence-electron chi connectivity index (χ3n) is 7.97. The Labute approximate surface area is 191 Å². The average molecular weight is 428 g/mol. The Morgan fingerprint density at radius 2 is 1.97 bits per heavy atom. The summed E-state index contributed by atoms with van der Waals surface area (Å²) in [5.41, 5.74) is 8.37. The van der Waals surface area contributed by atoms with Crippen molar-refractivity contribution in [2.75, 3.05) is 13.1 Å². The quantitative estimate of drug-likeness (QED) is 0.713. The summed E-state index contributed by atoms with van der Waals surface area (Å²) in [5.74, 6) is 0.829. The number of allylic oxidation sites excluding steroid dienone is 1. The molecule has 1 N–H and O–H groups in total. The smallest absolute Gasteiger partial charge is 0.170 e. The Kier molecular flexibility index (Phi) is 5.13. The molecule has 2 aliphatic carbocycles. The van der Waals surface area contributed by atoms with Crippen LogP contribution in [0, 0.1) is 17.2 Å². The number of hydrogen-bond donors (Lipinski definition) is 1. The number of fused-ring (bicyclic) bond motifs is 4. The Morgan fingerprint density at radius 1 is 1.22 bits per heavy atom. The fourth-order valence-corrected chi connectivity index (χ4v) is 6.07. The van der Waals surface area contributed by atoms with Gasteiger partial charge in [-0.2, -0.15) is 5.26 Å². The van der Waals surface area contributed by atoms with E-state index in [1.54, 1.807) is 0 Å². The van der Waals surface area contributed by atoms with Gasteiger partial charge in [0, 0.05) is 41.1 Å². The number of ketones is 1. The number of benzene rings is 1. The summed E-state index contributed by atoms with van der Waals surface area (Å²) in [4.78, 5) is 19.0. The van der Waals surface area contributed by atoms with Crippen molar-refractivity contribution in [3.8, 4) is 6.07 Å². The van der Waals surface area contributed by atoms with E-state index >= 15 is 0 Å². The lowest BCUT2D eigenvalue weighted by Crippen LogP contribution is -2.38. The zero-order valence-corrected chi connectivity index (χ0v) is 19.7. The van der Waals surface area contributed by atoms with Crippen molar-refractivity contribution < 1.29 is 4.79 Å². The van der Waals surface area contributed by atoms with Crippen LogP contribution in [-0.4, -0.2) is 34.8 Å². The first-order valence-corrected chi connectivity index (χ1v) is 12.0. The molecule has 1 saturated heterocycles. The molecular weight excluding hydrogens is 394 g/mol. The van der Waals surface area contributed by atoms with Crippen LogP contribution in [0.5, 0.6) is 0 Å². The van der Waals surface area contributed by atoms with Gasteiger partial charge >= 0.3 is 0 Å². The van der Waals surface area contributed by atoms with Crippen LogP contribution in [-0.2, 0) is 18.3 Å². The fraction of sp³-hybridized carbons (Fsp3) is 0.500. The van der Waals surface area contributed by atoms with Gasteiger partial charge in [0.2, 0.25) is 0 Å². The molecule has 0 saturated carbocycles. The third-order valence-corrected chi connectivity index (χ3v) is 7.97. The van der Waals surface area contributed by atoms with E-state index in [9.17, 15) is 10.1 Å². The van der Waals surface area contributed by atoms with Gasteiger partial charge in [-0.1, -0.05) is 32.0 Å². The van der Waals surface area contributed by atoms with E-state index < -0.39 is 0 Å². The van der Waals surface area contributed by atoms with Crippen LogP contribution < -0.4 is 0 Å². The summed E-state index contributed by atoms with van der Waals surface area (Å²) in [5, 5.41) is 9.30. The molecule has 4 nitrogen and oxygen atoms in total. The van der Waals surface area contributed by atoms with Gasteiger partial charge in [0.25, 0.3) is 0 Å².